The van der Waals surface area contributed by atoms with Crippen LogP contribution in [0.4, 0.5) is 0 Å². The minimum Gasteiger partial charge on any atom is -0.394 e. The normalized spacial score (nSPS) is 28.9. The summed E-state index contributed by atoms with van der Waals surface area (Å²) in [5, 5.41) is 8.92. The van der Waals surface area contributed by atoms with Crippen molar-refractivity contribution in [3.05, 3.63) is 0 Å². The topological polar surface area (TPSA) is 49.8 Å². The van der Waals surface area contributed by atoms with Crippen LogP contribution in [0.5, 0.6) is 0 Å². The van der Waals surface area contributed by atoms with E-state index in [1.807, 2.05) is 13.8 Å². The van der Waals surface area contributed by atoms with Crippen molar-refractivity contribution in [2.75, 3.05) is 20.3 Å². The number of ether oxygens (including phenoxy) is 1. The summed E-state index contributed by atoms with van der Waals surface area (Å²) in [7, 11) is 1.73. The number of nitrogens with zero attached hydrogens (tertiary/aromatic N) is 1. The van der Waals surface area contributed by atoms with E-state index in [0.29, 0.717) is 6.61 Å². The first-order valence-electron chi connectivity index (χ1n) is 5.05. The number of carbonyl (C=O) groups excluding carboxylic acids is 1. The molecule has 82 valence electrons. The highest BCUT2D eigenvalue weighted by Crippen LogP contribution is 2.21. The van der Waals surface area contributed by atoms with Gasteiger partial charge in [0, 0.05) is 7.05 Å². The van der Waals surface area contributed by atoms with Crippen molar-refractivity contribution in [3.8, 4) is 0 Å². The lowest BCUT2D eigenvalue weighted by Crippen LogP contribution is -2.41. The van der Waals surface area contributed by atoms with Gasteiger partial charge in [0.25, 0.3) is 0 Å². The van der Waals surface area contributed by atoms with Gasteiger partial charge in [0.1, 0.15) is 0 Å². The minimum absolute atomic E-state index is 0.00533. The fraction of sp³-hybridized carbons (Fsp3) is 0.900. The lowest BCUT2D eigenvalue weighted by atomic mass is 10.0. The Morgan fingerprint density at radius 2 is 2.36 bits per heavy atom. The van der Waals surface area contributed by atoms with Gasteiger partial charge in [-0.25, -0.2) is 0 Å². The van der Waals surface area contributed by atoms with Gasteiger partial charge in [0.05, 0.1) is 31.3 Å². The van der Waals surface area contributed by atoms with Crippen molar-refractivity contribution in [3.63, 3.8) is 0 Å². The molecule has 1 saturated heterocycles. The van der Waals surface area contributed by atoms with E-state index < -0.39 is 0 Å². The van der Waals surface area contributed by atoms with E-state index in [0.717, 1.165) is 6.42 Å². The number of aliphatic hydroxyl groups is 1. The molecule has 3 unspecified atom stereocenters. The van der Waals surface area contributed by atoms with Crippen molar-refractivity contribution >= 4 is 5.91 Å². The quantitative estimate of drug-likeness (QED) is 0.712. The summed E-state index contributed by atoms with van der Waals surface area (Å²) < 4.78 is 5.34. The van der Waals surface area contributed by atoms with Crippen LogP contribution in [0.1, 0.15) is 20.3 Å². The molecule has 3 atom stereocenters. The molecule has 1 heterocycles. The van der Waals surface area contributed by atoms with Gasteiger partial charge in [-0.05, 0) is 20.3 Å². The summed E-state index contributed by atoms with van der Waals surface area (Å²) >= 11 is 0. The molecule has 1 fully saturated rings. The van der Waals surface area contributed by atoms with Gasteiger partial charge < -0.3 is 14.7 Å². The summed E-state index contributed by atoms with van der Waals surface area (Å²) in [6.45, 7) is 4.33. The Balaban J connectivity index is 2.48. The third kappa shape index (κ3) is 2.45. The first-order chi connectivity index (χ1) is 6.56. The highest BCUT2D eigenvalue weighted by Gasteiger charge is 2.31. The molecular formula is C10H19NO3. The number of hydrogen-bond donors (Lipinski definition) is 1. The Morgan fingerprint density at radius 3 is 2.79 bits per heavy atom. The van der Waals surface area contributed by atoms with Gasteiger partial charge in [-0.15, -0.1) is 0 Å². The summed E-state index contributed by atoms with van der Waals surface area (Å²) in [5.41, 5.74) is 0. The van der Waals surface area contributed by atoms with Crippen LogP contribution >= 0.6 is 0 Å². The summed E-state index contributed by atoms with van der Waals surface area (Å²) in [6.07, 6.45) is 0.975. The van der Waals surface area contributed by atoms with Crippen LogP contribution in [-0.4, -0.2) is 48.3 Å². The molecule has 0 bridgehead atoms. The van der Waals surface area contributed by atoms with Gasteiger partial charge in [-0.3, -0.25) is 4.79 Å². The minimum atomic E-state index is -0.113. The molecule has 1 N–H and O–H groups in total. The molecule has 0 radical (unpaired) electrons. The molecule has 4 heteroatoms. The summed E-state index contributed by atoms with van der Waals surface area (Å²) in [5.74, 6) is 0.0555. The van der Waals surface area contributed by atoms with Crippen molar-refractivity contribution in [1.29, 1.82) is 0 Å². The maximum Gasteiger partial charge on any atom is 0.228 e. The second-order valence-electron chi connectivity index (χ2n) is 4.06. The lowest BCUT2D eigenvalue weighted by molar-refractivity contribution is -0.136. The molecule has 0 aliphatic carbocycles. The standard InChI is InChI=1S/C10H19NO3/c1-7(5-12)11(3)10(13)9-4-8(2)14-6-9/h7-9,12H,4-6H2,1-3H3. The van der Waals surface area contributed by atoms with Crippen LogP contribution in [0.25, 0.3) is 0 Å². The Hall–Kier alpha value is -0.610. The maximum absolute atomic E-state index is 11.8. The van der Waals surface area contributed by atoms with E-state index >= 15 is 0 Å². The molecule has 0 aromatic carbocycles. The van der Waals surface area contributed by atoms with Crippen molar-refractivity contribution in [1.82, 2.24) is 4.90 Å². The van der Waals surface area contributed by atoms with Crippen LogP contribution < -0.4 is 0 Å². The highest BCUT2D eigenvalue weighted by molar-refractivity contribution is 5.79. The number of likely N-dealkylation sites (N-methyl/N-ethyl adjacent to an activating group) is 1. The summed E-state index contributed by atoms with van der Waals surface area (Å²) in [6, 6.07) is -0.113. The predicted octanol–water partition coefficient (Wildman–Crippen LogP) is 0.251. The highest BCUT2D eigenvalue weighted by atomic mass is 16.5. The smallest absolute Gasteiger partial charge is 0.228 e. The fourth-order valence-corrected chi connectivity index (χ4v) is 1.62. The molecule has 0 aromatic heterocycles. The zero-order chi connectivity index (χ0) is 10.7. The molecule has 1 aliphatic rings. The van der Waals surface area contributed by atoms with Gasteiger partial charge in [-0.2, -0.15) is 0 Å². The molecule has 0 spiro atoms. The summed E-state index contributed by atoms with van der Waals surface area (Å²) in [4.78, 5) is 13.4. The zero-order valence-electron chi connectivity index (χ0n) is 9.06. The zero-order valence-corrected chi connectivity index (χ0v) is 9.06. The van der Waals surface area contributed by atoms with Crippen LogP contribution in [0.15, 0.2) is 0 Å². The van der Waals surface area contributed by atoms with Crippen LogP contribution in [0.3, 0.4) is 0 Å². The average Bonchev–Trinajstić information content (AvgIpc) is 2.61. The Kier molecular flexibility index (Phi) is 3.89. The molecule has 0 aromatic rings. The van der Waals surface area contributed by atoms with E-state index in [1.165, 1.54) is 0 Å². The molecule has 4 nitrogen and oxygen atoms in total. The van der Waals surface area contributed by atoms with Gasteiger partial charge in [-0.1, -0.05) is 0 Å². The van der Waals surface area contributed by atoms with E-state index in [2.05, 4.69) is 0 Å². The van der Waals surface area contributed by atoms with E-state index in [-0.39, 0.29) is 30.6 Å². The molecular weight excluding hydrogens is 182 g/mol. The Labute approximate surface area is 84.8 Å². The lowest BCUT2D eigenvalue weighted by Gasteiger charge is -2.25. The monoisotopic (exact) mass is 201 g/mol. The molecule has 0 saturated carbocycles. The fourth-order valence-electron chi connectivity index (χ4n) is 1.62. The van der Waals surface area contributed by atoms with Gasteiger partial charge in [0.15, 0.2) is 0 Å². The number of aliphatic hydroxyl groups excluding tert-OH is 1. The number of amides is 1. The molecule has 1 aliphatic heterocycles. The van der Waals surface area contributed by atoms with Crippen LogP contribution in [0, 0.1) is 5.92 Å². The number of hydrogen-bond acceptors (Lipinski definition) is 3. The van der Waals surface area contributed by atoms with E-state index in [1.54, 1.807) is 11.9 Å². The maximum atomic E-state index is 11.8. The largest absolute Gasteiger partial charge is 0.394 e. The van der Waals surface area contributed by atoms with E-state index in [9.17, 15) is 4.79 Å². The first kappa shape index (κ1) is 11.5. The third-order valence-corrected chi connectivity index (χ3v) is 2.82. The second kappa shape index (κ2) is 4.75. The van der Waals surface area contributed by atoms with Crippen molar-refractivity contribution in [2.24, 2.45) is 5.92 Å². The van der Waals surface area contributed by atoms with Gasteiger partial charge >= 0.3 is 0 Å². The van der Waals surface area contributed by atoms with Gasteiger partial charge in [0.2, 0.25) is 5.91 Å². The van der Waals surface area contributed by atoms with E-state index in [4.69, 9.17) is 9.84 Å². The Bertz CT molecular complexity index is 204. The molecule has 1 rings (SSSR count). The Morgan fingerprint density at radius 1 is 1.71 bits per heavy atom. The average molecular weight is 201 g/mol. The third-order valence-electron chi connectivity index (χ3n) is 2.82. The van der Waals surface area contributed by atoms with Crippen LogP contribution in [-0.2, 0) is 9.53 Å². The van der Waals surface area contributed by atoms with Crippen molar-refractivity contribution in [2.45, 2.75) is 32.4 Å². The molecule has 14 heavy (non-hydrogen) atoms. The van der Waals surface area contributed by atoms with Crippen LogP contribution in [0.2, 0.25) is 0 Å². The number of rotatable bonds is 3. The predicted molar refractivity (Wildman–Crippen MR) is 52.8 cm³/mol. The van der Waals surface area contributed by atoms with Crippen molar-refractivity contribution < 1.29 is 14.6 Å². The second-order valence-corrected chi connectivity index (χ2v) is 4.06. The number of carbonyl (C=O) groups is 1. The first-order valence-corrected chi connectivity index (χ1v) is 5.05. The SMILES string of the molecule is CC1CC(C(=O)N(C)C(C)CO)CO1. The molecule has 1 amide bonds.